The average Bonchev–Trinajstić information content (AvgIpc) is 2.44. The van der Waals surface area contributed by atoms with E-state index in [1.54, 1.807) is 6.07 Å². The molecule has 0 amide bonds. The largest absolute Gasteiger partial charge is 0.313 e. The van der Waals surface area contributed by atoms with E-state index < -0.39 is 17.5 Å². The molecule has 1 nitrogen and oxygen atoms in total. The fraction of sp³-hybridized carbons (Fsp3) is 0.250. The zero-order chi connectivity index (χ0) is 14.7. The molecule has 0 radical (unpaired) electrons. The fourth-order valence-electron chi connectivity index (χ4n) is 2.14. The van der Waals surface area contributed by atoms with Gasteiger partial charge in [0.15, 0.2) is 17.5 Å². The molecule has 4 heteroatoms. The molecule has 0 aliphatic rings. The number of hydrogen-bond acceptors (Lipinski definition) is 1. The van der Waals surface area contributed by atoms with Crippen LogP contribution in [-0.2, 0) is 6.54 Å². The molecule has 0 saturated carbocycles. The molecule has 0 unspecified atom stereocenters. The van der Waals surface area contributed by atoms with Crippen LogP contribution < -0.4 is 5.32 Å². The summed E-state index contributed by atoms with van der Waals surface area (Å²) < 4.78 is 40.1. The molecular weight excluding hydrogens is 263 g/mol. The number of aryl methyl sites for hydroxylation is 1. The molecule has 0 fully saturated rings. The monoisotopic (exact) mass is 279 g/mol. The van der Waals surface area contributed by atoms with Crippen molar-refractivity contribution in [2.75, 3.05) is 6.54 Å². The Morgan fingerprint density at radius 3 is 2.30 bits per heavy atom. The number of rotatable bonds is 4. The zero-order valence-corrected chi connectivity index (χ0v) is 11.4. The van der Waals surface area contributed by atoms with Crippen LogP contribution in [0.2, 0.25) is 0 Å². The molecule has 2 aromatic carbocycles. The van der Waals surface area contributed by atoms with Gasteiger partial charge >= 0.3 is 0 Å². The number of halogens is 3. The SMILES string of the molecule is CCNCc1ccc(-c2ccc(F)c(F)c2F)c(C)c1. The van der Waals surface area contributed by atoms with Crippen molar-refractivity contribution in [3.8, 4) is 11.1 Å². The Kier molecular flexibility index (Phi) is 4.45. The molecule has 2 rings (SSSR count). The van der Waals surface area contributed by atoms with Crippen LogP contribution in [0.3, 0.4) is 0 Å². The van der Waals surface area contributed by atoms with E-state index in [2.05, 4.69) is 5.32 Å². The molecule has 20 heavy (non-hydrogen) atoms. The lowest BCUT2D eigenvalue weighted by Gasteiger charge is -2.11. The molecule has 0 saturated heterocycles. The van der Waals surface area contributed by atoms with Crippen LogP contribution in [0.1, 0.15) is 18.1 Å². The first kappa shape index (κ1) is 14.6. The third-order valence-electron chi connectivity index (χ3n) is 3.20. The van der Waals surface area contributed by atoms with Gasteiger partial charge in [0.05, 0.1) is 0 Å². The van der Waals surface area contributed by atoms with E-state index in [0.717, 1.165) is 30.3 Å². The van der Waals surface area contributed by atoms with Crippen molar-refractivity contribution in [1.29, 1.82) is 0 Å². The Morgan fingerprint density at radius 2 is 1.65 bits per heavy atom. The number of nitrogens with one attached hydrogen (secondary N) is 1. The van der Waals surface area contributed by atoms with Gasteiger partial charge < -0.3 is 5.32 Å². The van der Waals surface area contributed by atoms with Crippen molar-refractivity contribution in [2.24, 2.45) is 0 Å². The molecule has 0 aliphatic carbocycles. The highest BCUT2D eigenvalue weighted by atomic mass is 19.2. The predicted octanol–water partition coefficient (Wildman–Crippen LogP) is 4.19. The van der Waals surface area contributed by atoms with Crippen molar-refractivity contribution in [3.63, 3.8) is 0 Å². The second-order valence-electron chi connectivity index (χ2n) is 4.65. The Morgan fingerprint density at radius 1 is 0.950 bits per heavy atom. The van der Waals surface area contributed by atoms with Gasteiger partial charge in [-0.2, -0.15) is 0 Å². The number of hydrogen-bond donors (Lipinski definition) is 1. The molecule has 0 bridgehead atoms. The molecule has 1 N–H and O–H groups in total. The van der Waals surface area contributed by atoms with Gasteiger partial charge in [-0.05, 0) is 42.3 Å². The maximum Gasteiger partial charge on any atom is 0.195 e. The lowest BCUT2D eigenvalue weighted by molar-refractivity contribution is 0.449. The van der Waals surface area contributed by atoms with Crippen molar-refractivity contribution < 1.29 is 13.2 Å². The molecule has 0 aliphatic heterocycles. The third-order valence-corrected chi connectivity index (χ3v) is 3.20. The topological polar surface area (TPSA) is 12.0 Å². The molecule has 0 spiro atoms. The fourth-order valence-corrected chi connectivity index (χ4v) is 2.14. The van der Waals surface area contributed by atoms with Gasteiger partial charge in [-0.25, -0.2) is 13.2 Å². The smallest absolute Gasteiger partial charge is 0.195 e. The van der Waals surface area contributed by atoms with Crippen LogP contribution >= 0.6 is 0 Å². The van der Waals surface area contributed by atoms with E-state index in [0.29, 0.717) is 5.56 Å². The molecule has 106 valence electrons. The minimum absolute atomic E-state index is 0.0800. The number of benzene rings is 2. The second-order valence-corrected chi connectivity index (χ2v) is 4.65. The van der Waals surface area contributed by atoms with Crippen molar-refractivity contribution in [2.45, 2.75) is 20.4 Å². The van der Waals surface area contributed by atoms with Crippen molar-refractivity contribution in [1.82, 2.24) is 5.32 Å². The lowest BCUT2D eigenvalue weighted by Crippen LogP contribution is -2.11. The Bertz CT molecular complexity index is 623. The predicted molar refractivity (Wildman–Crippen MR) is 73.9 cm³/mol. The third kappa shape index (κ3) is 2.85. The molecule has 0 atom stereocenters. The molecule has 0 aromatic heterocycles. The summed E-state index contributed by atoms with van der Waals surface area (Å²) >= 11 is 0. The Hall–Kier alpha value is -1.81. The summed E-state index contributed by atoms with van der Waals surface area (Å²) in [6.07, 6.45) is 0. The zero-order valence-electron chi connectivity index (χ0n) is 11.4. The summed E-state index contributed by atoms with van der Waals surface area (Å²) in [5.74, 6) is -3.75. The van der Waals surface area contributed by atoms with Crippen LogP contribution in [0, 0.1) is 24.4 Å². The quantitative estimate of drug-likeness (QED) is 0.827. The van der Waals surface area contributed by atoms with Crippen LogP contribution in [0.25, 0.3) is 11.1 Å². The highest BCUT2D eigenvalue weighted by Gasteiger charge is 2.15. The summed E-state index contributed by atoms with van der Waals surface area (Å²) in [5, 5.41) is 3.20. The van der Waals surface area contributed by atoms with Crippen LogP contribution in [0.5, 0.6) is 0 Å². The van der Waals surface area contributed by atoms with Crippen LogP contribution in [-0.4, -0.2) is 6.54 Å². The van der Waals surface area contributed by atoms with E-state index in [-0.39, 0.29) is 5.56 Å². The summed E-state index contributed by atoms with van der Waals surface area (Å²) in [7, 11) is 0. The molecule has 2 aromatic rings. The van der Waals surface area contributed by atoms with E-state index in [4.69, 9.17) is 0 Å². The summed E-state index contributed by atoms with van der Waals surface area (Å²) in [6, 6.07) is 7.71. The Labute approximate surface area is 116 Å². The van der Waals surface area contributed by atoms with E-state index >= 15 is 0 Å². The highest BCUT2D eigenvalue weighted by molar-refractivity contribution is 5.68. The minimum Gasteiger partial charge on any atom is -0.313 e. The Balaban J connectivity index is 2.41. The van der Waals surface area contributed by atoms with Gasteiger partial charge in [-0.15, -0.1) is 0 Å². The van der Waals surface area contributed by atoms with Gasteiger partial charge in [0.1, 0.15) is 0 Å². The van der Waals surface area contributed by atoms with E-state index in [1.807, 2.05) is 26.0 Å². The normalized spacial score (nSPS) is 10.8. The first-order valence-electron chi connectivity index (χ1n) is 6.48. The second kappa shape index (κ2) is 6.09. The van der Waals surface area contributed by atoms with Gasteiger partial charge in [0.25, 0.3) is 0 Å². The molecule has 0 heterocycles. The summed E-state index contributed by atoms with van der Waals surface area (Å²) in [5.41, 5.74) is 2.54. The lowest BCUT2D eigenvalue weighted by atomic mass is 9.97. The van der Waals surface area contributed by atoms with Gasteiger partial charge in [-0.1, -0.05) is 25.1 Å². The summed E-state index contributed by atoms with van der Waals surface area (Å²) in [4.78, 5) is 0. The van der Waals surface area contributed by atoms with E-state index in [1.165, 1.54) is 6.07 Å². The van der Waals surface area contributed by atoms with Gasteiger partial charge in [-0.3, -0.25) is 0 Å². The molecular formula is C16H16F3N. The van der Waals surface area contributed by atoms with Crippen LogP contribution in [0.15, 0.2) is 30.3 Å². The standard InChI is InChI=1S/C16H16F3N/c1-3-20-9-11-4-5-12(10(2)8-11)13-6-7-14(17)16(19)15(13)18/h4-8,20H,3,9H2,1-2H3. The van der Waals surface area contributed by atoms with Crippen molar-refractivity contribution >= 4 is 0 Å². The first-order chi connectivity index (χ1) is 9.54. The van der Waals surface area contributed by atoms with Crippen LogP contribution in [0.4, 0.5) is 13.2 Å². The van der Waals surface area contributed by atoms with Gasteiger partial charge in [0, 0.05) is 12.1 Å². The highest BCUT2D eigenvalue weighted by Crippen LogP contribution is 2.29. The first-order valence-corrected chi connectivity index (χ1v) is 6.48. The van der Waals surface area contributed by atoms with E-state index in [9.17, 15) is 13.2 Å². The van der Waals surface area contributed by atoms with Gasteiger partial charge in [0.2, 0.25) is 0 Å². The summed E-state index contributed by atoms with van der Waals surface area (Å²) in [6.45, 7) is 5.42. The maximum atomic E-state index is 13.8. The van der Waals surface area contributed by atoms with Crippen molar-refractivity contribution in [3.05, 3.63) is 58.9 Å². The minimum atomic E-state index is -1.43. The maximum absolute atomic E-state index is 13.8. The average molecular weight is 279 g/mol.